The zero-order valence-electron chi connectivity index (χ0n) is 9.35. The van der Waals surface area contributed by atoms with E-state index in [9.17, 15) is 9.90 Å². The van der Waals surface area contributed by atoms with Gasteiger partial charge in [0.15, 0.2) is 0 Å². The fourth-order valence-corrected chi connectivity index (χ4v) is 2.43. The van der Waals surface area contributed by atoms with Crippen LogP contribution in [0.2, 0.25) is 0 Å². The zero-order valence-corrected chi connectivity index (χ0v) is 10.2. The van der Waals surface area contributed by atoms with Crippen molar-refractivity contribution in [3.63, 3.8) is 0 Å². The first-order valence-electron chi connectivity index (χ1n) is 5.27. The Morgan fingerprint density at radius 2 is 2.06 bits per heavy atom. The Morgan fingerprint density at radius 1 is 1.44 bits per heavy atom. The first-order valence-corrected chi connectivity index (χ1v) is 6.42. The first-order chi connectivity index (χ1) is 7.61. The summed E-state index contributed by atoms with van der Waals surface area (Å²) < 4.78 is 0. The van der Waals surface area contributed by atoms with Crippen LogP contribution in [0.3, 0.4) is 0 Å². The molecule has 0 saturated carbocycles. The molecule has 1 rings (SSSR count). The molecule has 0 aliphatic carbocycles. The second kappa shape index (κ2) is 5.92. The molecule has 0 fully saturated rings. The molecule has 16 heavy (non-hydrogen) atoms. The Kier molecular flexibility index (Phi) is 4.83. The van der Waals surface area contributed by atoms with E-state index < -0.39 is 11.5 Å². The maximum Gasteiger partial charge on any atom is 0.329 e. The molecule has 1 atom stereocenters. The van der Waals surface area contributed by atoms with Crippen molar-refractivity contribution in [2.75, 3.05) is 11.5 Å². The largest absolute Gasteiger partial charge is 0.480 e. The van der Waals surface area contributed by atoms with Crippen molar-refractivity contribution in [2.45, 2.75) is 18.9 Å². The lowest BCUT2D eigenvalue weighted by Gasteiger charge is -2.24. The summed E-state index contributed by atoms with van der Waals surface area (Å²) in [7, 11) is 0. The van der Waals surface area contributed by atoms with Crippen molar-refractivity contribution in [2.24, 2.45) is 5.73 Å². The number of hydrogen-bond acceptors (Lipinski definition) is 3. The number of carboxylic acid groups (broad SMARTS) is 1. The Morgan fingerprint density at radius 3 is 2.56 bits per heavy atom. The fourth-order valence-electron chi connectivity index (χ4n) is 1.38. The summed E-state index contributed by atoms with van der Waals surface area (Å²) in [5.41, 5.74) is 5.36. The van der Waals surface area contributed by atoms with Crippen LogP contribution in [-0.4, -0.2) is 22.6 Å². The van der Waals surface area contributed by atoms with Gasteiger partial charge in [-0.05, 0) is 17.7 Å². The predicted molar refractivity (Wildman–Crippen MR) is 67.6 cm³/mol. The van der Waals surface area contributed by atoms with Gasteiger partial charge in [0.25, 0.3) is 0 Å². The number of thioether (sulfide) groups is 1. The summed E-state index contributed by atoms with van der Waals surface area (Å²) in [6, 6.07) is 9.00. The Balaban J connectivity index is 2.85. The SMILES string of the molecule is CCCSCC(N)(C(=O)O)c1ccccc1. The number of rotatable bonds is 6. The van der Waals surface area contributed by atoms with E-state index in [-0.39, 0.29) is 0 Å². The van der Waals surface area contributed by atoms with Crippen molar-refractivity contribution < 1.29 is 9.90 Å². The zero-order chi connectivity index (χ0) is 12.0. The summed E-state index contributed by atoms with van der Waals surface area (Å²) in [4.78, 5) is 11.3. The van der Waals surface area contributed by atoms with Gasteiger partial charge in [0.2, 0.25) is 0 Å². The molecule has 0 saturated heterocycles. The van der Waals surface area contributed by atoms with E-state index >= 15 is 0 Å². The smallest absolute Gasteiger partial charge is 0.329 e. The van der Waals surface area contributed by atoms with E-state index in [1.807, 2.05) is 18.2 Å². The van der Waals surface area contributed by atoms with Gasteiger partial charge >= 0.3 is 5.97 Å². The summed E-state index contributed by atoms with van der Waals surface area (Å²) in [5.74, 6) is 0.362. The minimum absolute atomic E-state index is 0.403. The van der Waals surface area contributed by atoms with Crippen LogP contribution in [0.1, 0.15) is 18.9 Å². The van der Waals surface area contributed by atoms with E-state index in [4.69, 9.17) is 5.73 Å². The van der Waals surface area contributed by atoms with Crippen molar-refractivity contribution in [1.82, 2.24) is 0 Å². The normalized spacial score (nSPS) is 14.4. The molecule has 1 aromatic carbocycles. The molecule has 1 aromatic rings. The highest BCUT2D eigenvalue weighted by atomic mass is 32.2. The van der Waals surface area contributed by atoms with Gasteiger partial charge in [-0.15, -0.1) is 0 Å². The van der Waals surface area contributed by atoms with E-state index in [0.717, 1.165) is 12.2 Å². The minimum Gasteiger partial charge on any atom is -0.480 e. The lowest BCUT2D eigenvalue weighted by molar-refractivity contribution is -0.142. The van der Waals surface area contributed by atoms with Gasteiger partial charge in [-0.25, -0.2) is 4.79 Å². The molecule has 0 aromatic heterocycles. The standard InChI is InChI=1S/C12H17NO2S/c1-2-8-16-9-12(13,11(14)15)10-6-4-3-5-7-10/h3-7H,2,8-9,13H2,1H3,(H,14,15). The van der Waals surface area contributed by atoms with Crippen molar-refractivity contribution in [3.8, 4) is 0 Å². The fraction of sp³-hybridized carbons (Fsp3) is 0.417. The third kappa shape index (κ3) is 3.00. The van der Waals surface area contributed by atoms with Crippen LogP contribution >= 0.6 is 11.8 Å². The molecule has 3 N–H and O–H groups in total. The maximum atomic E-state index is 11.3. The second-order valence-corrected chi connectivity index (χ2v) is 4.80. The van der Waals surface area contributed by atoms with Crippen molar-refractivity contribution in [3.05, 3.63) is 35.9 Å². The number of carboxylic acids is 1. The Bertz CT molecular complexity index is 342. The van der Waals surface area contributed by atoms with Crippen LogP contribution in [0.15, 0.2) is 30.3 Å². The van der Waals surface area contributed by atoms with Crippen LogP contribution in [-0.2, 0) is 10.3 Å². The summed E-state index contributed by atoms with van der Waals surface area (Å²) in [5, 5.41) is 9.25. The van der Waals surface area contributed by atoms with Gasteiger partial charge in [-0.1, -0.05) is 37.3 Å². The number of carbonyl (C=O) groups is 1. The molecule has 4 heteroatoms. The highest BCUT2D eigenvalue weighted by Crippen LogP contribution is 2.23. The van der Waals surface area contributed by atoms with Gasteiger partial charge in [-0.2, -0.15) is 11.8 Å². The maximum absolute atomic E-state index is 11.3. The van der Waals surface area contributed by atoms with Crippen LogP contribution in [0.5, 0.6) is 0 Å². The first kappa shape index (κ1) is 13.1. The van der Waals surface area contributed by atoms with Crippen molar-refractivity contribution in [1.29, 1.82) is 0 Å². The average molecular weight is 239 g/mol. The van der Waals surface area contributed by atoms with Crippen LogP contribution in [0, 0.1) is 0 Å². The molecule has 3 nitrogen and oxygen atoms in total. The van der Waals surface area contributed by atoms with E-state index in [2.05, 4.69) is 6.92 Å². The molecule has 88 valence electrons. The third-order valence-corrected chi connectivity index (χ3v) is 3.71. The molecule has 0 aliphatic rings. The molecular formula is C12H17NO2S. The highest BCUT2D eigenvalue weighted by Gasteiger charge is 2.35. The monoisotopic (exact) mass is 239 g/mol. The minimum atomic E-state index is -1.28. The lowest BCUT2D eigenvalue weighted by atomic mass is 9.93. The van der Waals surface area contributed by atoms with Gasteiger partial charge in [0, 0.05) is 5.75 Å². The van der Waals surface area contributed by atoms with Gasteiger partial charge in [0.1, 0.15) is 5.54 Å². The lowest BCUT2D eigenvalue weighted by Crippen LogP contribution is -2.47. The highest BCUT2D eigenvalue weighted by molar-refractivity contribution is 7.99. The van der Waals surface area contributed by atoms with E-state index in [1.165, 1.54) is 0 Å². The second-order valence-electron chi connectivity index (χ2n) is 3.70. The van der Waals surface area contributed by atoms with Crippen molar-refractivity contribution >= 4 is 17.7 Å². The van der Waals surface area contributed by atoms with Gasteiger partial charge in [-0.3, -0.25) is 0 Å². The average Bonchev–Trinajstić information content (AvgIpc) is 2.30. The Labute approximate surface area is 100 Å². The Hall–Kier alpha value is -1.00. The van der Waals surface area contributed by atoms with Crippen LogP contribution in [0.4, 0.5) is 0 Å². The molecule has 0 spiro atoms. The quantitative estimate of drug-likeness (QED) is 0.746. The number of benzene rings is 1. The molecular weight excluding hydrogens is 222 g/mol. The molecule has 0 radical (unpaired) electrons. The molecule has 0 heterocycles. The third-order valence-electron chi connectivity index (χ3n) is 2.35. The van der Waals surface area contributed by atoms with Crippen LogP contribution in [0.25, 0.3) is 0 Å². The van der Waals surface area contributed by atoms with Gasteiger partial charge < -0.3 is 10.8 Å². The molecule has 0 aliphatic heterocycles. The summed E-state index contributed by atoms with van der Waals surface area (Å²) in [6.07, 6.45) is 1.02. The molecule has 1 unspecified atom stereocenters. The summed E-state index contributed by atoms with van der Waals surface area (Å²) in [6.45, 7) is 2.06. The topological polar surface area (TPSA) is 63.3 Å². The molecule has 0 amide bonds. The molecule has 0 bridgehead atoms. The van der Waals surface area contributed by atoms with E-state index in [0.29, 0.717) is 11.3 Å². The summed E-state index contributed by atoms with van der Waals surface area (Å²) >= 11 is 1.58. The number of nitrogens with two attached hydrogens (primary N) is 1. The number of aliphatic carboxylic acids is 1. The van der Waals surface area contributed by atoms with E-state index in [1.54, 1.807) is 23.9 Å². The van der Waals surface area contributed by atoms with Crippen LogP contribution < -0.4 is 5.73 Å². The van der Waals surface area contributed by atoms with Gasteiger partial charge in [0.05, 0.1) is 0 Å². The number of hydrogen-bond donors (Lipinski definition) is 2. The predicted octanol–water partition coefficient (Wildman–Crippen LogP) is 2.07.